The fourth-order valence-corrected chi connectivity index (χ4v) is 6.82. The summed E-state index contributed by atoms with van der Waals surface area (Å²) in [6.45, 7) is 10.2. The number of nitrogens with zero attached hydrogens (tertiary/aromatic N) is 3. The van der Waals surface area contributed by atoms with Gasteiger partial charge in [0.25, 0.3) is 0 Å². The SMILES string of the molecule is C=C/C=C(\C=C/C)c1ccc(N(c2ccc(C(=N)N=CN)cc2)c2ccc3c(c2)c2ccc(Nc4ccccc4)c(C=C)c2n3-c2ccccc2)cc1. The van der Waals surface area contributed by atoms with E-state index in [1.807, 2.05) is 79.8 Å². The summed E-state index contributed by atoms with van der Waals surface area (Å²) in [5.41, 5.74) is 17.5. The van der Waals surface area contributed by atoms with Crippen LogP contribution >= 0.6 is 0 Å². The van der Waals surface area contributed by atoms with Crippen LogP contribution in [0.5, 0.6) is 0 Å². The van der Waals surface area contributed by atoms with Crippen molar-refractivity contribution in [1.29, 1.82) is 5.41 Å². The molecular formula is C47H40N6. The maximum absolute atomic E-state index is 8.30. The number of para-hydroxylation sites is 2. The average Bonchev–Trinajstić information content (AvgIpc) is 3.53. The van der Waals surface area contributed by atoms with E-state index in [2.05, 4.69) is 130 Å². The van der Waals surface area contributed by atoms with Crippen LogP contribution in [0.15, 0.2) is 182 Å². The zero-order valence-corrected chi connectivity index (χ0v) is 29.6. The Kier molecular flexibility index (Phi) is 9.94. The molecule has 6 heteroatoms. The van der Waals surface area contributed by atoms with Crippen LogP contribution in [0.2, 0.25) is 0 Å². The maximum Gasteiger partial charge on any atom is 0.153 e. The predicted octanol–water partition coefficient (Wildman–Crippen LogP) is 12.1. The van der Waals surface area contributed by atoms with Crippen molar-refractivity contribution in [2.45, 2.75) is 6.92 Å². The lowest BCUT2D eigenvalue weighted by molar-refractivity contribution is 1.18. The van der Waals surface area contributed by atoms with Gasteiger partial charge in [0.1, 0.15) is 0 Å². The molecule has 0 spiro atoms. The van der Waals surface area contributed by atoms with Crippen LogP contribution in [0.4, 0.5) is 28.4 Å². The van der Waals surface area contributed by atoms with Gasteiger partial charge in [-0.05, 0) is 103 Å². The van der Waals surface area contributed by atoms with Gasteiger partial charge in [0.2, 0.25) is 0 Å². The highest BCUT2D eigenvalue weighted by Gasteiger charge is 2.20. The van der Waals surface area contributed by atoms with Gasteiger partial charge in [-0.25, -0.2) is 4.99 Å². The summed E-state index contributed by atoms with van der Waals surface area (Å²) in [4.78, 5) is 6.20. The number of benzene rings is 6. The normalized spacial score (nSPS) is 11.8. The second-order valence-corrected chi connectivity index (χ2v) is 12.4. The zero-order chi connectivity index (χ0) is 36.7. The van der Waals surface area contributed by atoms with Crippen molar-refractivity contribution in [2.24, 2.45) is 10.7 Å². The van der Waals surface area contributed by atoms with Gasteiger partial charge < -0.3 is 20.5 Å². The molecule has 0 saturated heterocycles. The van der Waals surface area contributed by atoms with E-state index in [1.54, 1.807) is 0 Å². The number of anilines is 5. The smallest absolute Gasteiger partial charge is 0.153 e. The molecule has 7 aromatic rings. The van der Waals surface area contributed by atoms with Crippen molar-refractivity contribution < 1.29 is 0 Å². The van der Waals surface area contributed by atoms with Gasteiger partial charge in [0, 0.05) is 56.0 Å². The van der Waals surface area contributed by atoms with E-state index < -0.39 is 0 Å². The lowest BCUT2D eigenvalue weighted by Gasteiger charge is -2.26. The number of rotatable bonds is 11. The first kappa shape index (κ1) is 34.3. The van der Waals surface area contributed by atoms with Crippen LogP contribution in [0.25, 0.3) is 39.1 Å². The highest BCUT2D eigenvalue weighted by atomic mass is 15.1. The summed E-state index contributed by atoms with van der Waals surface area (Å²) in [6.07, 6.45) is 11.0. The van der Waals surface area contributed by atoms with E-state index in [-0.39, 0.29) is 5.84 Å². The molecule has 0 saturated carbocycles. The molecule has 0 bridgehead atoms. The Balaban J connectivity index is 1.44. The molecule has 0 aliphatic carbocycles. The van der Waals surface area contributed by atoms with Gasteiger partial charge in [0.05, 0.1) is 17.4 Å². The largest absolute Gasteiger partial charge is 0.390 e. The van der Waals surface area contributed by atoms with Crippen LogP contribution in [0, 0.1) is 5.41 Å². The van der Waals surface area contributed by atoms with Crippen LogP contribution in [-0.2, 0) is 0 Å². The summed E-state index contributed by atoms with van der Waals surface area (Å²) in [5.74, 6) is 0.106. The van der Waals surface area contributed by atoms with Gasteiger partial charge in [-0.2, -0.15) is 0 Å². The van der Waals surface area contributed by atoms with E-state index in [1.165, 1.54) is 0 Å². The molecule has 258 valence electrons. The number of fused-ring (bicyclic) bond motifs is 3. The summed E-state index contributed by atoms with van der Waals surface area (Å²) >= 11 is 0. The molecule has 0 aliphatic heterocycles. The fourth-order valence-electron chi connectivity index (χ4n) is 6.82. The Morgan fingerprint density at radius 1 is 0.755 bits per heavy atom. The molecule has 0 fully saturated rings. The van der Waals surface area contributed by atoms with E-state index in [4.69, 9.17) is 11.1 Å². The molecular weight excluding hydrogens is 649 g/mol. The zero-order valence-electron chi connectivity index (χ0n) is 29.6. The van der Waals surface area contributed by atoms with E-state index >= 15 is 0 Å². The number of hydrogen-bond acceptors (Lipinski definition) is 3. The Morgan fingerprint density at radius 2 is 1.40 bits per heavy atom. The highest BCUT2D eigenvalue weighted by Crippen LogP contribution is 2.42. The Morgan fingerprint density at radius 3 is 2.02 bits per heavy atom. The van der Waals surface area contributed by atoms with Crippen molar-refractivity contribution in [3.05, 3.63) is 194 Å². The second kappa shape index (κ2) is 15.4. The van der Waals surface area contributed by atoms with Crippen molar-refractivity contribution in [3.63, 3.8) is 0 Å². The summed E-state index contributed by atoms with van der Waals surface area (Å²) in [6, 6.07) is 48.0. The first-order valence-corrected chi connectivity index (χ1v) is 17.4. The monoisotopic (exact) mass is 688 g/mol. The maximum atomic E-state index is 8.30. The minimum atomic E-state index is 0.106. The number of nitrogens with one attached hydrogen (secondary N) is 2. The molecule has 7 rings (SSSR count). The lowest BCUT2D eigenvalue weighted by atomic mass is 10.0. The van der Waals surface area contributed by atoms with Gasteiger partial charge >= 0.3 is 0 Å². The van der Waals surface area contributed by atoms with Crippen molar-refractivity contribution in [1.82, 2.24) is 4.57 Å². The molecule has 6 nitrogen and oxygen atoms in total. The summed E-state index contributed by atoms with van der Waals surface area (Å²) in [5, 5.41) is 14.1. The molecule has 6 aromatic carbocycles. The van der Waals surface area contributed by atoms with Crippen molar-refractivity contribution in [3.8, 4) is 5.69 Å². The van der Waals surface area contributed by atoms with Gasteiger partial charge in [-0.1, -0.05) is 98.1 Å². The Bertz CT molecular complexity index is 2520. The molecule has 4 N–H and O–H groups in total. The topological polar surface area (TPSA) is 82.4 Å². The minimum Gasteiger partial charge on any atom is -0.390 e. The lowest BCUT2D eigenvalue weighted by Crippen LogP contribution is -2.10. The van der Waals surface area contributed by atoms with Gasteiger partial charge in [-0.3, -0.25) is 5.41 Å². The molecule has 1 aromatic heterocycles. The standard InChI is InChI=1S/C47H40N6/c1-4-13-33(14-5-2)34-19-23-38(24-20-34)52(39-25-21-35(22-26-39)47(49)50-32-48)40-27-30-45-43(31-40)42-28-29-44(51-36-15-9-7-10-16-36)41(6-3)46(42)53(45)37-17-11-8-12-18-37/h4-32,51H,1,3H2,2H3,(H3,48,49,50)/b14-5-,33-13+. The van der Waals surface area contributed by atoms with Crippen molar-refractivity contribution >= 4 is 74.1 Å². The van der Waals surface area contributed by atoms with E-state index in [0.717, 1.165) is 79.0 Å². The van der Waals surface area contributed by atoms with Crippen LogP contribution in [-0.4, -0.2) is 16.7 Å². The number of hydrogen-bond donors (Lipinski definition) is 3. The number of allylic oxidation sites excluding steroid dienone is 5. The molecule has 0 amide bonds. The number of aliphatic imine (C=N–C) groups is 1. The van der Waals surface area contributed by atoms with E-state index in [9.17, 15) is 0 Å². The van der Waals surface area contributed by atoms with Crippen LogP contribution < -0.4 is 16.0 Å². The number of aromatic nitrogens is 1. The average molecular weight is 689 g/mol. The molecule has 0 radical (unpaired) electrons. The first-order chi connectivity index (χ1) is 26.0. The Hall–Kier alpha value is -7.18. The molecule has 0 atom stereocenters. The fraction of sp³-hybridized carbons (Fsp3) is 0.0213. The van der Waals surface area contributed by atoms with Crippen molar-refractivity contribution in [2.75, 3.05) is 10.2 Å². The quantitative estimate of drug-likeness (QED) is 0.0718. The number of nitrogens with two attached hydrogens (primary N) is 1. The summed E-state index contributed by atoms with van der Waals surface area (Å²) in [7, 11) is 0. The molecule has 1 heterocycles. The third kappa shape index (κ3) is 6.81. The van der Waals surface area contributed by atoms with E-state index in [0.29, 0.717) is 5.56 Å². The molecule has 0 unspecified atom stereocenters. The first-order valence-electron chi connectivity index (χ1n) is 17.4. The van der Waals surface area contributed by atoms with Crippen LogP contribution in [0.1, 0.15) is 23.6 Å². The summed E-state index contributed by atoms with van der Waals surface area (Å²) < 4.78 is 2.33. The predicted molar refractivity (Wildman–Crippen MR) is 228 cm³/mol. The van der Waals surface area contributed by atoms with Gasteiger partial charge in [-0.15, -0.1) is 0 Å². The second-order valence-electron chi connectivity index (χ2n) is 12.4. The molecule has 0 aliphatic rings. The highest BCUT2D eigenvalue weighted by molar-refractivity contribution is 6.14. The minimum absolute atomic E-state index is 0.106. The van der Waals surface area contributed by atoms with Gasteiger partial charge in [0.15, 0.2) is 5.84 Å². The molecule has 53 heavy (non-hydrogen) atoms. The third-order valence-electron chi connectivity index (χ3n) is 9.19. The number of amidine groups is 1. The Labute approximate surface area is 310 Å². The van der Waals surface area contributed by atoms with Crippen LogP contribution in [0.3, 0.4) is 0 Å². The third-order valence-corrected chi connectivity index (χ3v) is 9.19.